The number of esters is 1. The largest absolute Gasteiger partial charge is 0.465 e. The molecule has 1 aromatic carbocycles. The predicted octanol–water partition coefficient (Wildman–Crippen LogP) is 2.93. The van der Waals surface area contributed by atoms with Gasteiger partial charge in [-0.15, -0.1) is 0 Å². The second-order valence-corrected chi connectivity index (χ2v) is 7.14. The molecular formula is C19H20FNO4. The highest BCUT2D eigenvalue weighted by atomic mass is 19.1. The summed E-state index contributed by atoms with van der Waals surface area (Å²) in [6.45, 7) is 3.93. The third-order valence-corrected chi connectivity index (χ3v) is 4.54. The monoisotopic (exact) mass is 345 g/mol. The molecule has 0 bridgehead atoms. The Bertz CT molecular complexity index is 822. The molecule has 1 heterocycles. The lowest BCUT2D eigenvalue weighted by atomic mass is 9.70. The van der Waals surface area contributed by atoms with Crippen LogP contribution in [0.3, 0.4) is 0 Å². The van der Waals surface area contributed by atoms with E-state index >= 15 is 0 Å². The van der Waals surface area contributed by atoms with Crippen LogP contribution in [0.2, 0.25) is 0 Å². The van der Waals surface area contributed by atoms with Gasteiger partial charge in [0.05, 0.1) is 13.0 Å². The lowest BCUT2D eigenvalue weighted by Crippen LogP contribution is -2.35. The molecular weight excluding hydrogens is 325 g/mol. The van der Waals surface area contributed by atoms with Gasteiger partial charge >= 0.3 is 5.97 Å². The molecule has 0 aromatic heterocycles. The van der Waals surface area contributed by atoms with Gasteiger partial charge in [-0.05, 0) is 23.1 Å². The van der Waals surface area contributed by atoms with Crippen LogP contribution in [0.1, 0.15) is 38.2 Å². The topological polar surface area (TPSA) is 78.6 Å². The number of rotatable bonds is 2. The second-order valence-electron chi connectivity index (χ2n) is 7.14. The SMILES string of the molecule is COC(=O)C1=C(N)OC2=C(C(=O)CC(C)(C)C2)C1c1cccc(F)c1. The van der Waals surface area contributed by atoms with Crippen molar-refractivity contribution in [3.63, 3.8) is 0 Å². The number of halogens is 1. The van der Waals surface area contributed by atoms with E-state index in [0.29, 0.717) is 29.7 Å². The second kappa shape index (κ2) is 6.02. The quantitative estimate of drug-likeness (QED) is 0.834. The normalized spacial score (nSPS) is 22.4. The average Bonchev–Trinajstić information content (AvgIpc) is 2.51. The Hall–Kier alpha value is -2.63. The maximum Gasteiger partial charge on any atom is 0.340 e. The summed E-state index contributed by atoms with van der Waals surface area (Å²) in [4.78, 5) is 25.1. The summed E-state index contributed by atoms with van der Waals surface area (Å²) in [5.74, 6) is -1.75. The number of methoxy groups -OCH3 is 1. The Kier molecular flexibility index (Phi) is 4.14. The van der Waals surface area contributed by atoms with E-state index in [9.17, 15) is 14.0 Å². The third kappa shape index (κ3) is 3.04. The average molecular weight is 345 g/mol. The molecule has 132 valence electrons. The maximum absolute atomic E-state index is 13.8. The van der Waals surface area contributed by atoms with E-state index in [0.717, 1.165) is 0 Å². The number of carbonyl (C=O) groups is 2. The molecule has 6 heteroatoms. The van der Waals surface area contributed by atoms with Crippen molar-refractivity contribution in [3.05, 3.63) is 58.4 Å². The van der Waals surface area contributed by atoms with Crippen molar-refractivity contribution < 1.29 is 23.5 Å². The molecule has 2 aliphatic rings. The van der Waals surface area contributed by atoms with Gasteiger partial charge in [0.15, 0.2) is 5.78 Å². The molecule has 0 radical (unpaired) electrons. The zero-order valence-electron chi connectivity index (χ0n) is 14.4. The number of hydrogen-bond donors (Lipinski definition) is 1. The van der Waals surface area contributed by atoms with Gasteiger partial charge in [-0.1, -0.05) is 26.0 Å². The van der Waals surface area contributed by atoms with Gasteiger partial charge in [-0.25, -0.2) is 9.18 Å². The molecule has 3 rings (SSSR count). The van der Waals surface area contributed by atoms with Crippen LogP contribution >= 0.6 is 0 Å². The van der Waals surface area contributed by atoms with Crippen LogP contribution in [0, 0.1) is 11.2 Å². The molecule has 1 aromatic rings. The van der Waals surface area contributed by atoms with E-state index in [4.69, 9.17) is 15.2 Å². The van der Waals surface area contributed by atoms with Crippen LogP contribution in [0.25, 0.3) is 0 Å². The minimum absolute atomic E-state index is 0.0277. The molecule has 25 heavy (non-hydrogen) atoms. The fourth-order valence-corrected chi connectivity index (χ4v) is 3.51. The molecule has 1 unspecified atom stereocenters. The minimum Gasteiger partial charge on any atom is -0.465 e. The summed E-state index contributed by atoms with van der Waals surface area (Å²) in [5.41, 5.74) is 6.56. The van der Waals surface area contributed by atoms with Crippen molar-refractivity contribution in [2.24, 2.45) is 11.1 Å². The van der Waals surface area contributed by atoms with Crippen LogP contribution < -0.4 is 5.73 Å². The summed E-state index contributed by atoms with van der Waals surface area (Å²) < 4.78 is 24.2. The number of Topliss-reactive ketones (excluding diaryl/α,β-unsaturated/α-hetero) is 1. The lowest BCUT2D eigenvalue weighted by molar-refractivity contribution is -0.136. The highest BCUT2D eigenvalue weighted by Crippen LogP contribution is 2.48. The highest BCUT2D eigenvalue weighted by molar-refractivity contribution is 6.03. The fraction of sp³-hybridized carbons (Fsp3) is 0.368. The predicted molar refractivity (Wildman–Crippen MR) is 88.5 cm³/mol. The van der Waals surface area contributed by atoms with E-state index in [2.05, 4.69) is 0 Å². The standard InChI is InChI=1S/C19H20FNO4/c1-19(2)8-12(22)15-13(9-19)25-17(21)16(18(23)24-3)14(15)10-5-4-6-11(20)7-10/h4-7,14H,8-9,21H2,1-3H3. The van der Waals surface area contributed by atoms with Crippen molar-refractivity contribution in [3.8, 4) is 0 Å². The van der Waals surface area contributed by atoms with E-state index in [1.807, 2.05) is 13.8 Å². The van der Waals surface area contributed by atoms with E-state index in [1.54, 1.807) is 6.07 Å². The summed E-state index contributed by atoms with van der Waals surface area (Å²) in [5, 5.41) is 0. The van der Waals surface area contributed by atoms with Crippen molar-refractivity contribution in [1.29, 1.82) is 0 Å². The molecule has 0 saturated heterocycles. The number of hydrogen-bond acceptors (Lipinski definition) is 5. The van der Waals surface area contributed by atoms with Gasteiger partial charge in [0.2, 0.25) is 5.88 Å². The Labute approximate surface area is 145 Å². The van der Waals surface area contributed by atoms with Crippen molar-refractivity contribution in [1.82, 2.24) is 0 Å². The number of carbonyl (C=O) groups excluding carboxylic acids is 2. The summed E-state index contributed by atoms with van der Waals surface area (Å²) >= 11 is 0. The fourth-order valence-electron chi connectivity index (χ4n) is 3.51. The number of nitrogens with two attached hydrogens (primary N) is 1. The van der Waals surface area contributed by atoms with Gasteiger partial charge in [-0.3, -0.25) is 4.79 Å². The van der Waals surface area contributed by atoms with Crippen LogP contribution in [-0.2, 0) is 19.1 Å². The van der Waals surface area contributed by atoms with Crippen LogP contribution in [-0.4, -0.2) is 18.9 Å². The van der Waals surface area contributed by atoms with Crippen LogP contribution in [0.15, 0.2) is 47.1 Å². The molecule has 5 nitrogen and oxygen atoms in total. The number of ketones is 1. The molecule has 2 N–H and O–H groups in total. The molecule has 1 aliphatic carbocycles. The molecule has 0 spiro atoms. The van der Waals surface area contributed by atoms with Crippen molar-refractivity contribution >= 4 is 11.8 Å². The first kappa shape index (κ1) is 17.2. The number of benzene rings is 1. The number of ether oxygens (including phenoxy) is 2. The van der Waals surface area contributed by atoms with Gasteiger partial charge in [0.25, 0.3) is 0 Å². The van der Waals surface area contributed by atoms with Crippen LogP contribution in [0.5, 0.6) is 0 Å². The van der Waals surface area contributed by atoms with Crippen molar-refractivity contribution in [2.75, 3.05) is 7.11 Å². The first-order valence-corrected chi connectivity index (χ1v) is 8.01. The zero-order valence-corrected chi connectivity index (χ0v) is 14.4. The Balaban J connectivity index is 2.21. The van der Waals surface area contributed by atoms with Gasteiger partial charge in [-0.2, -0.15) is 0 Å². The Morgan fingerprint density at radius 1 is 1.36 bits per heavy atom. The van der Waals surface area contributed by atoms with Crippen molar-refractivity contribution in [2.45, 2.75) is 32.6 Å². The van der Waals surface area contributed by atoms with E-state index in [1.165, 1.54) is 25.3 Å². The molecule has 1 atom stereocenters. The highest BCUT2D eigenvalue weighted by Gasteiger charge is 2.44. The first-order valence-electron chi connectivity index (χ1n) is 8.01. The van der Waals surface area contributed by atoms with Gasteiger partial charge in [0, 0.05) is 18.4 Å². The van der Waals surface area contributed by atoms with E-state index < -0.39 is 17.7 Å². The summed E-state index contributed by atoms with van der Waals surface area (Å²) in [7, 11) is 1.22. The Morgan fingerprint density at radius 3 is 2.72 bits per heavy atom. The minimum atomic E-state index is -0.796. The van der Waals surface area contributed by atoms with Gasteiger partial charge in [0.1, 0.15) is 17.1 Å². The molecule has 0 saturated carbocycles. The summed E-state index contributed by atoms with van der Waals surface area (Å²) in [6.07, 6.45) is 0.824. The molecule has 0 fully saturated rings. The van der Waals surface area contributed by atoms with Gasteiger partial charge < -0.3 is 15.2 Å². The Morgan fingerprint density at radius 2 is 2.08 bits per heavy atom. The smallest absolute Gasteiger partial charge is 0.340 e. The zero-order chi connectivity index (χ0) is 18.4. The molecule has 1 aliphatic heterocycles. The maximum atomic E-state index is 13.8. The number of allylic oxidation sites excluding steroid dienone is 2. The molecule has 0 amide bonds. The first-order chi connectivity index (χ1) is 11.7. The van der Waals surface area contributed by atoms with Crippen LogP contribution in [0.4, 0.5) is 4.39 Å². The van der Waals surface area contributed by atoms with E-state index in [-0.39, 0.29) is 22.7 Å². The summed E-state index contributed by atoms with van der Waals surface area (Å²) in [6, 6.07) is 5.79. The lowest BCUT2D eigenvalue weighted by Gasteiger charge is -2.37. The third-order valence-electron chi connectivity index (χ3n) is 4.54.